The number of carboxylic acids is 1. The second-order valence-corrected chi connectivity index (χ2v) is 6.90. The second kappa shape index (κ2) is 10.9. The first kappa shape index (κ1) is 24.3. The van der Waals surface area contributed by atoms with Crippen LogP contribution in [0.25, 0.3) is 0 Å². The molecule has 0 bridgehead atoms. The number of nitrogens with zero attached hydrogens (tertiary/aromatic N) is 1. The summed E-state index contributed by atoms with van der Waals surface area (Å²) in [6, 6.07) is 0. The molecule has 0 aliphatic carbocycles. The van der Waals surface area contributed by atoms with E-state index in [-0.39, 0.29) is 25.0 Å². The fourth-order valence-corrected chi connectivity index (χ4v) is 3.12. The van der Waals surface area contributed by atoms with Crippen LogP contribution in [0, 0.1) is 0 Å². The number of hydrogen-bond acceptors (Lipinski definition) is 11. The maximum Gasteiger partial charge on any atom is 0.306 e. The van der Waals surface area contributed by atoms with Crippen molar-refractivity contribution in [1.82, 2.24) is 4.90 Å². The molecule has 0 amide bonds. The molecule has 4 atom stereocenters. The van der Waals surface area contributed by atoms with E-state index in [0.717, 1.165) is 13.8 Å². The van der Waals surface area contributed by atoms with Gasteiger partial charge in [0.2, 0.25) is 0 Å². The number of aliphatic carboxylic acids is 1. The third-order valence-corrected chi connectivity index (χ3v) is 4.41. The zero-order valence-electron chi connectivity index (χ0n) is 17.0. The molecule has 2 aliphatic heterocycles. The molecule has 0 spiro atoms. The highest BCUT2D eigenvalue weighted by atomic mass is 16.7. The Balaban J connectivity index is 2.22. The molecule has 12 nitrogen and oxygen atoms in total. The van der Waals surface area contributed by atoms with Crippen LogP contribution < -0.4 is 0 Å². The first-order valence-corrected chi connectivity index (χ1v) is 9.46. The van der Waals surface area contributed by atoms with Crippen molar-refractivity contribution in [1.29, 1.82) is 0 Å². The standard InChI is InChI=1S/C19H25NO11/c1-10(21)29-16-13(9-28-15(25)6-5-14(23)24)31-18(17(16)30-11(2)22)20-7-3-4-12(8-20)19(26)27/h3,7-8,13,16-19,26-27H,4-6,9H2,1-2H3,(H,23,24)/t13-,16-,17-,18-/m1/s1. The summed E-state index contributed by atoms with van der Waals surface area (Å²) < 4.78 is 21.5. The number of allylic oxidation sites excluding steroid dienone is 1. The lowest BCUT2D eigenvalue weighted by molar-refractivity contribution is -0.167. The fourth-order valence-electron chi connectivity index (χ4n) is 3.12. The van der Waals surface area contributed by atoms with Crippen LogP contribution in [0.4, 0.5) is 0 Å². The van der Waals surface area contributed by atoms with E-state index in [1.54, 1.807) is 12.3 Å². The van der Waals surface area contributed by atoms with E-state index in [2.05, 4.69) is 0 Å². The summed E-state index contributed by atoms with van der Waals surface area (Å²) >= 11 is 0. The highest BCUT2D eigenvalue weighted by molar-refractivity contribution is 5.76. The summed E-state index contributed by atoms with van der Waals surface area (Å²) in [5.74, 6) is -3.32. The van der Waals surface area contributed by atoms with Crippen molar-refractivity contribution in [3.05, 3.63) is 24.0 Å². The van der Waals surface area contributed by atoms with Crippen LogP contribution in [0.5, 0.6) is 0 Å². The summed E-state index contributed by atoms with van der Waals surface area (Å²) in [4.78, 5) is 47.1. The molecule has 0 aromatic carbocycles. The molecular formula is C19H25NO11. The summed E-state index contributed by atoms with van der Waals surface area (Å²) in [6.07, 6.45) is -1.92. The Hall–Kier alpha value is -2.96. The third-order valence-electron chi connectivity index (χ3n) is 4.41. The van der Waals surface area contributed by atoms with Crippen LogP contribution in [0.3, 0.4) is 0 Å². The van der Waals surface area contributed by atoms with E-state index in [1.807, 2.05) is 0 Å². The number of carbonyl (C=O) groups excluding carboxylic acids is 3. The van der Waals surface area contributed by atoms with Crippen LogP contribution in [0.2, 0.25) is 0 Å². The molecule has 0 radical (unpaired) electrons. The minimum Gasteiger partial charge on any atom is -0.481 e. The van der Waals surface area contributed by atoms with Crippen molar-refractivity contribution < 1.29 is 53.4 Å². The average Bonchev–Trinajstić information content (AvgIpc) is 3.01. The monoisotopic (exact) mass is 443 g/mol. The molecule has 12 heteroatoms. The maximum absolute atomic E-state index is 11.8. The number of rotatable bonds is 9. The zero-order chi connectivity index (χ0) is 23.1. The van der Waals surface area contributed by atoms with Gasteiger partial charge in [0.15, 0.2) is 24.7 Å². The minimum absolute atomic E-state index is 0.250. The topological polar surface area (TPSA) is 169 Å². The molecule has 0 aromatic rings. The van der Waals surface area contributed by atoms with Gasteiger partial charge in [0, 0.05) is 31.8 Å². The average molecular weight is 443 g/mol. The van der Waals surface area contributed by atoms with Gasteiger partial charge in [-0.05, 0) is 6.42 Å². The van der Waals surface area contributed by atoms with Crippen LogP contribution in [-0.2, 0) is 38.1 Å². The normalized spacial score (nSPS) is 25.2. The Kier molecular flexibility index (Phi) is 8.54. The van der Waals surface area contributed by atoms with Gasteiger partial charge in [-0.2, -0.15) is 0 Å². The van der Waals surface area contributed by atoms with Crippen molar-refractivity contribution in [3.63, 3.8) is 0 Å². The molecule has 2 rings (SSSR count). The van der Waals surface area contributed by atoms with Gasteiger partial charge in [-0.3, -0.25) is 19.2 Å². The Bertz CT molecular complexity index is 760. The van der Waals surface area contributed by atoms with Crippen molar-refractivity contribution >= 4 is 23.9 Å². The van der Waals surface area contributed by atoms with Crippen LogP contribution in [0.1, 0.15) is 33.1 Å². The largest absolute Gasteiger partial charge is 0.481 e. The first-order chi connectivity index (χ1) is 14.6. The van der Waals surface area contributed by atoms with Gasteiger partial charge in [-0.25, -0.2) is 0 Å². The molecule has 1 fully saturated rings. The molecule has 31 heavy (non-hydrogen) atoms. The van der Waals surface area contributed by atoms with Gasteiger partial charge in [0.1, 0.15) is 12.7 Å². The highest BCUT2D eigenvalue weighted by Crippen LogP contribution is 2.32. The van der Waals surface area contributed by atoms with E-state index in [9.17, 15) is 29.4 Å². The predicted octanol–water partition coefficient (Wildman–Crippen LogP) is -0.603. The van der Waals surface area contributed by atoms with E-state index in [0.29, 0.717) is 0 Å². The van der Waals surface area contributed by atoms with E-state index >= 15 is 0 Å². The predicted molar refractivity (Wildman–Crippen MR) is 99.5 cm³/mol. The number of esters is 3. The van der Waals surface area contributed by atoms with Crippen molar-refractivity contribution in [2.75, 3.05) is 6.61 Å². The van der Waals surface area contributed by atoms with Gasteiger partial charge in [0.05, 0.1) is 12.8 Å². The number of aliphatic hydroxyl groups is 2. The summed E-state index contributed by atoms with van der Waals surface area (Å²) in [5.41, 5.74) is 0.250. The smallest absolute Gasteiger partial charge is 0.306 e. The highest BCUT2D eigenvalue weighted by Gasteiger charge is 2.51. The SMILES string of the molecule is CC(=O)O[C@@H]1[C@H](OC(C)=O)[C@@H](COC(=O)CCC(=O)O)O[C@H]1N1C=CCC(C(O)O)=C1. The fraction of sp³-hybridized carbons (Fsp3) is 0.579. The van der Waals surface area contributed by atoms with Crippen molar-refractivity contribution in [3.8, 4) is 0 Å². The Morgan fingerprint density at radius 1 is 1.13 bits per heavy atom. The lowest BCUT2D eigenvalue weighted by atomic mass is 10.1. The van der Waals surface area contributed by atoms with Crippen molar-refractivity contribution in [2.45, 2.75) is 63.9 Å². The number of hydrogen-bond donors (Lipinski definition) is 3. The maximum atomic E-state index is 11.8. The molecule has 0 aromatic heterocycles. The molecule has 0 unspecified atom stereocenters. The van der Waals surface area contributed by atoms with Crippen LogP contribution in [-0.4, -0.2) is 81.5 Å². The molecule has 172 valence electrons. The molecule has 3 N–H and O–H groups in total. The van der Waals surface area contributed by atoms with Gasteiger partial charge in [-0.15, -0.1) is 0 Å². The number of aliphatic hydroxyl groups excluding tert-OH is 1. The summed E-state index contributed by atoms with van der Waals surface area (Å²) in [7, 11) is 0. The zero-order valence-corrected chi connectivity index (χ0v) is 17.0. The van der Waals surface area contributed by atoms with E-state index in [1.165, 1.54) is 11.1 Å². The van der Waals surface area contributed by atoms with E-state index < -0.39 is 61.1 Å². The summed E-state index contributed by atoms with van der Waals surface area (Å²) in [5, 5.41) is 27.5. The van der Waals surface area contributed by atoms with Gasteiger partial charge >= 0.3 is 23.9 Å². The second-order valence-electron chi connectivity index (χ2n) is 6.90. The van der Waals surface area contributed by atoms with Gasteiger partial charge < -0.3 is 39.2 Å². The van der Waals surface area contributed by atoms with Crippen LogP contribution >= 0.6 is 0 Å². The third kappa shape index (κ3) is 7.05. The number of carbonyl (C=O) groups is 4. The molecule has 1 saturated heterocycles. The van der Waals surface area contributed by atoms with Gasteiger partial charge in [0.25, 0.3) is 0 Å². The molecule has 0 saturated carbocycles. The van der Waals surface area contributed by atoms with Crippen molar-refractivity contribution in [2.24, 2.45) is 0 Å². The lowest BCUT2D eigenvalue weighted by Gasteiger charge is -2.31. The Morgan fingerprint density at radius 2 is 1.77 bits per heavy atom. The lowest BCUT2D eigenvalue weighted by Crippen LogP contribution is -2.45. The minimum atomic E-state index is -1.71. The molecular weight excluding hydrogens is 418 g/mol. The number of ether oxygens (including phenoxy) is 4. The van der Waals surface area contributed by atoms with Crippen LogP contribution in [0.15, 0.2) is 24.0 Å². The first-order valence-electron chi connectivity index (χ1n) is 9.46. The van der Waals surface area contributed by atoms with Gasteiger partial charge in [-0.1, -0.05) is 6.08 Å². The number of carboxylic acid groups (broad SMARTS) is 1. The molecule has 2 heterocycles. The molecule has 2 aliphatic rings. The Labute approximate surface area is 177 Å². The Morgan fingerprint density at radius 3 is 2.35 bits per heavy atom. The van der Waals surface area contributed by atoms with E-state index in [4.69, 9.17) is 24.1 Å². The quantitative estimate of drug-likeness (QED) is 0.235. The summed E-state index contributed by atoms with van der Waals surface area (Å²) in [6.45, 7) is 1.92.